The zero-order valence-corrected chi connectivity index (χ0v) is 36.4. The fraction of sp³-hybridized carbons (Fsp3) is 0.192. The van der Waals surface area contributed by atoms with Gasteiger partial charge in [0.2, 0.25) is 12.7 Å². The van der Waals surface area contributed by atoms with Gasteiger partial charge in [-0.05, 0) is 94.8 Å². The highest BCUT2D eigenvalue weighted by Crippen LogP contribution is 2.44. The Labute approximate surface area is 361 Å². The molecule has 0 aliphatic rings. The molecule has 10 aromatic rings. The minimum absolute atomic E-state index is 0.0936. The number of pyridine rings is 2. The first-order valence-corrected chi connectivity index (χ1v) is 21.0. The van der Waals surface area contributed by atoms with Crippen molar-refractivity contribution >= 4 is 32.8 Å². The van der Waals surface area contributed by atoms with Crippen LogP contribution >= 0.6 is 0 Å². The molecular weight excluding hydrogens is 769 g/mol. The van der Waals surface area contributed by atoms with Crippen molar-refractivity contribution in [1.82, 2.24) is 28.2 Å². The Kier molecular flexibility index (Phi) is 9.13. The van der Waals surface area contributed by atoms with E-state index in [-0.39, 0.29) is 10.8 Å². The molecular formula is C52H50N8O2+2. The summed E-state index contributed by atoms with van der Waals surface area (Å²) in [5.41, 5.74) is 8.19. The highest BCUT2D eigenvalue weighted by Gasteiger charge is 2.26. The molecule has 4 aromatic carbocycles. The topological polar surface area (TPSA) is 71.7 Å². The van der Waals surface area contributed by atoms with E-state index >= 15 is 0 Å². The van der Waals surface area contributed by atoms with Gasteiger partial charge in [0.1, 0.15) is 70.8 Å². The molecule has 6 aromatic heterocycles. The molecule has 0 atom stereocenters. The summed E-state index contributed by atoms with van der Waals surface area (Å²) >= 11 is 0. The van der Waals surface area contributed by atoms with Crippen molar-refractivity contribution in [2.75, 3.05) is 0 Å². The van der Waals surface area contributed by atoms with E-state index in [1.54, 1.807) is 0 Å². The van der Waals surface area contributed by atoms with Crippen LogP contribution in [0.25, 0.3) is 55.8 Å². The highest BCUT2D eigenvalue weighted by atomic mass is 16.5. The Morgan fingerprint density at radius 2 is 0.903 bits per heavy atom. The molecule has 0 aliphatic heterocycles. The van der Waals surface area contributed by atoms with E-state index in [1.165, 1.54) is 11.1 Å². The first-order valence-electron chi connectivity index (χ1n) is 21.0. The second-order valence-electron chi connectivity index (χ2n) is 18.2. The molecule has 0 fully saturated rings. The van der Waals surface area contributed by atoms with Crippen LogP contribution in [0, 0.1) is 0 Å². The van der Waals surface area contributed by atoms with Crippen LogP contribution in [-0.2, 0) is 24.9 Å². The number of aromatic nitrogens is 8. The largest absolute Gasteiger partial charge is 0.457 e. The van der Waals surface area contributed by atoms with E-state index < -0.39 is 0 Å². The normalized spacial score (nSPS) is 12.2. The van der Waals surface area contributed by atoms with Gasteiger partial charge in [0.05, 0.1) is 36.2 Å². The third-order valence-corrected chi connectivity index (χ3v) is 11.5. The van der Waals surface area contributed by atoms with E-state index in [1.807, 2.05) is 97.3 Å². The summed E-state index contributed by atoms with van der Waals surface area (Å²) in [6.07, 6.45) is 16.0. The lowest BCUT2D eigenvalue weighted by molar-refractivity contribution is -0.670. The van der Waals surface area contributed by atoms with Gasteiger partial charge in [0, 0.05) is 47.4 Å². The molecule has 10 nitrogen and oxygen atoms in total. The van der Waals surface area contributed by atoms with Gasteiger partial charge in [-0.1, -0.05) is 53.7 Å². The van der Waals surface area contributed by atoms with Gasteiger partial charge in [0.25, 0.3) is 0 Å². The summed E-state index contributed by atoms with van der Waals surface area (Å²) in [5, 5.41) is 2.08. The second kappa shape index (κ2) is 14.6. The average molecular weight is 819 g/mol. The predicted octanol–water partition coefficient (Wildman–Crippen LogP) is 10.9. The molecule has 0 aliphatic carbocycles. The van der Waals surface area contributed by atoms with E-state index in [9.17, 15) is 0 Å². The molecule has 6 heterocycles. The van der Waals surface area contributed by atoms with Crippen molar-refractivity contribution in [1.29, 1.82) is 0 Å². The zero-order valence-electron chi connectivity index (χ0n) is 36.4. The Morgan fingerprint density at radius 1 is 0.484 bits per heavy atom. The maximum atomic E-state index is 6.67. The van der Waals surface area contributed by atoms with Gasteiger partial charge in [-0.2, -0.15) is 0 Å². The summed E-state index contributed by atoms with van der Waals surface area (Å²) in [7, 11) is 4.03. The molecule has 10 heteroatoms. The minimum atomic E-state index is -0.0936. The number of benzene rings is 4. The quantitative estimate of drug-likeness (QED) is 0.143. The third kappa shape index (κ3) is 7.07. The van der Waals surface area contributed by atoms with Gasteiger partial charge in [-0.3, -0.25) is 9.13 Å². The van der Waals surface area contributed by atoms with Crippen LogP contribution in [-0.4, -0.2) is 28.2 Å². The number of ether oxygens (including phenoxy) is 2. The van der Waals surface area contributed by atoms with Gasteiger partial charge in [-0.25, -0.2) is 28.2 Å². The van der Waals surface area contributed by atoms with Crippen LogP contribution in [0.2, 0.25) is 0 Å². The number of nitrogens with zero attached hydrogens (tertiary/aromatic N) is 8. The van der Waals surface area contributed by atoms with Crippen LogP contribution in [0.1, 0.15) is 52.7 Å². The summed E-state index contributed by atoms with van der Waals surface area (Å²) in [6.45, 7) is 13.4. The van der Waals surface area contributed by atoms with Crippen molar-refractivity contribution in [3.8, 4) is 46.0 Å². The molecule has 0 bridgehead atoms. The summed E-state index contributed by atoms with van der Waals surface area (Å²) < 4.78 is 26.1. The first-order chi connectivity index (χ1) is 29.8. The molecule has 0 amide bonds. The van der Waals surface area contributed by atoms with Gasteiger partial charge < -0.3 is 9.47 Å². The van der Waals surface area contributed by atoms with Gasteiger partial charge >= 0.3 is 0 Å². The number of hydrogen-bond donors (Lipinski definition) is 0. The molecule has 308 valence electrons. The Morgan fingerprint density at radius 3 is 1.29 bits per heavy atom. The monoisotopic (exact) mass is 818 g/mol. The fourth-order valence-electron chi connectivity index (χ4n) is 8.25. The van der Waals surface area contributed by atoms with Gasteiger partial charge in [-0.15, -0.1) is 0 Å². The molecule has 0 unspecified atom stereocenters. The van der Waals surface area contributed by atoms with E-state index in [4.69, 9.17) is 19.4 Å². The smallest absolute Gasteiger partial charge is 0.248 e. The van der Waals surface area contributed by atoms with E-state index in [0.717, 1.165) is 78.8 Å². The Hall–Kier alpha value is -7.46. The number of hydrogen-bond acceptors (Lipinski definition) is 4. The highest BCUT2D eigenvalue weighted by molar-refractivity contribution is 6.20. The summed E-state index contributed by atoms with van der Waals surface area (Å²) in [5.74, 6) is 4.57. The molecule has 0 saturated heterocycles. The van der Waals surface area contributed by atoms with Crippen molar-refractivity contribution in [2.24, 2.45) is 14.1 Å². The van der Waals surface area contributed by atoms with Crippen molar-refractivity contribution in [3.63, 3.8) is 0 Å². The Balaban J connectivity index is 1.20. The number of rotatable bonds is 8. The van der Waals surface area contributed by atoms with Crippen molar-refractivity contribution in [3.05, 3.63) is 170 Å². The third-order valence-electron chi connectivity index (χ3n) is 11.5. The average Bonchev–Trinajstić information content (AvgIpc) is 4.03. The molecule has 0 spiro atoms. The molecule has 62 heavy (non-hydrogen) atoms. The van der Waals surface area contributed by atoms with Crippen LogP contribution in [0.5, 0.6) is 23.0 Å². The fourth-order valence-corrected chi connectivity index (χ4v) is 8.25. The van der Waals surface area contributed by atoms with Crippen molar-refractivity contribution < 1.29 is 18.6 Å². The SMILES string of the molecule is C[n+]1ccn(-c2cccc(Oc3ccc4c(c3)n(-c3cc(C(C)(C)C)ccn3)c3c5ccc(Oc6cccc(-n7cc[n+](C)c7)c6)cc5n(-c5cc(C(C)(C)C)ccn5)c43)c2)c1. The Bertz CT molecular complexity index is 3090. The molecule has 0 saturated carbocycles. The lowest BCUT2D eigenvalue weighted by Gasteiger charge is -2.20. The molecule has 0 N–H and O–H groups in total. The standard InChI is InChI=1S/C52H50N8O2/c1-51(2,3)35-19-21-53-47(27-35)59-45-31-41(61-39-13-9-11-37(29-39)57-25-23-55(7)33-57)15-17-43(45)50-49(59)44-18-16-42(62-40-14-10-12-38(30-40)58-26-24-56(8)34-58)32-46(44)60(50)48-28-36(20-22-54-48)52(4,5)6/h9-34H,1-8H3/q+2. The van der Waals surface area contributed by atoms with Crippen LogP contribution < -0.4 is 18.6 Å². The lowest BCUT2D eigenvalue weighted by atomic mass is 9.88. The zero-order chi connectivity index (χ0) is 42.9. The van der Waals surface area contributed by atoms with Crippen LogP contribution in [0.15, 0.2) is 159 Å². The number of imidazole rings is 2. The second-order valence-corrected chi connectivity index (χ2v) is 18.2. The van der Waals surface area contributed by atoms with Gasteiger partial charge in [0.15, 0.2) is 0 Å². The number of fused-ring (bicyclic) bond motifs is 5. The van der Waals surface area contributed by atoms with E-state index in [2.05, 4.69) is 145 Å². The lowest BCUT2D eigenvalue weighted by Crippen LogP contribution is -2.23. The minimum Gasteiger partial charge on any atom is -0.457 e. The van der Waals surface area contributed by atoms with Crippen molar-refractivity contribution in [2.45, 2.75) is 52.4 Å². The predicted molar refractivity (Wildman–Crippen MR) is 245 cm³/mol. The summed E-state index contributed by atoms with van der Waals surface area (Å²) in [6, 6.07) is 37.6. The molecule has 10 rings (SSSR count). The van der Waals surface area contributed by atoms with Crippen LogP contribution in [0.3, 0.4) is 0 Å². The number of aryl methyl sites for hydroxylation is 2. The maximum Gasteiger partial charge on any atom is 0.248 e. The molecule has 0 radical (unpaired) electrons. The van der Waals surface area contributed by atoms with Crippen LogP contribution in [0.4, 0.5) is 0 Å². The van der Waals surface area contributed by atoms with E-state index in [0.29, 0.717) is 0 Å². The first kappa shape index (κ1) is 38.7. The maximum absolute atomic E-state index is 6.67. The summed E-state index contributed by atoms with van der Waals surface area (Å²) in [4.78, 5) is 10.1.